The summed E-state index contributed by atoms with van der Waals surface area (Å²) in [5.74, 6) is 0.0701. The molecule has 8 heteroatoms. The topological polar surface area (TPSA) is 116 Å². The molecule has 0 saturated heterocycles. The fraction of sp³-hybridized carbons (Fsp3) is 0.154. The predicted octanol–water partition coefficient (Wildman–Crippen LogP) is 1.16. The van der Waals surface area contributed by atoms with Gasteiger partial charge in [0.25, 0.3) is 0 Å². The number of hydrogen-bond acceptors (Lipinski definition) is 5. The zero-order valence-corrected chi connectivity index (χ0v) is 11.7. The molecule has 0 aliphatic carbocycles. The number of amides is 1. The number of anilines is 1. The average molecular weight is 303 g/mol. The Labute approximate surface area is 124 Å². The van der Waals surface area contributed by atoms with E-state index in [1.165, 1.54) is 23.5 Å². The number of aromatic amines is 1. The van der Waals surface area contributed by atoms with E-state index < -0.39 is 0 Å². The number of amidine groups is 1. The number of nitrogens with one attached hydrogen (secondary N) is 2. The number of carbonyl (C=O) groups excluding carboxylic acids is 1. The van der Waals surface area contributed by atoms with Gasteiger partial charge in [0.15, 0.2) is 5.84 Å². The van der Waals surface area contributed by atoms with Crippen molar-refractivity contribution in [3.05, 3.63) is 41.6 Å². The molecule has 2 heterocycles. The van der Waals surface area contributed by atoms with Crippen molar-refractivity contribution in [2.24, 2.45) is 10.9 Å². The number of nitrogens with zero attached hydrogens (tertiary/aromatic N) is 2. The fourth-order valence-electron chi connectivity index (χ4n) is 2.16. The molecule has 1 aromatic heterocycles. The highest BCUT2D eigenvalue weighted by molar-refractivity contribution is 8.01. The smallest absolute Gasteiger partial charge is 0.239 e. The number of nitrogens with two attached hydrogens (primary N) is 1. The Kier molecular flexibility index (Phi) is 3.53. The van der Waals surface area contributed by atoms with Crippen LogP contribution in [0.2, 0.25) is 0 Å². The number of H-pyrrole nitrogens is 1. The van der Waals surface area contributed by atoms with Gasteiger partial charge < -0.3 is 16.3 Å². The van der Waals surface area contributed by atoms with Gasteiger partial charge in [-0.3, -0.25) is 9.89 Å². The van der Waals surface area contributed by atoms with Crippen LogP contribution in [0.5, 0.6) is 0 Å². The second-order valence-electron chi connectivity index (χ2n) is 4.55. The Morgan fingerprint density at radius 3 is 3.10 bits per heavy atom. The molecule has 1 aliphatic heterocycles. The highest BCUT2D eigenvalue weighted by Crippen LogP contribution is 2.37. The van der Waals surface area contributed by atoms with Crippen LogP contribution in [0.3, 0.4) is 0 Å². The fourth-order valence-corrected chi connectivity index (χ4v) is 3.36. The predicted molar refractivity (Wildman–Crippen MR) is 79.5 cm³/mol. The number of fused-ring (bicyclic) bond motifs is 1. The van der Waals surface area contributed by atoms with E-state index in [2.05, 4.69) is 20.7 Å². The molecule has 1 aromatic carbocycles. The van der Waals surface area contributed by atoms with Gasteiger partial charge in [-0.15, -0.1) is 11.8 Å². The van der Waals surface area contributed by atoms with Gasteiger partial charge in [0.1, 0.15) is 5.82 Å². The molecule has 1 atom stereocenters. The molecule has 1 aliphatic rings. The first kappa shape index (κ1) is 13.5. The van der Waals surface area contributed by atoms with Crippen LogP contribution in [0.25, 0.3) is 0 Å². The van der Waals surface area contributed by atoms with Crippen LogP contribution in [0.15, 0.2) is 40.5 Å². The third-order valence-electron chi connectivity index (χ3n) is 3.21. The molecule has 0 bridgehead atoms. The molecule has 21 heavy (non-hydrogen) atoms. The van der Waals surface area contributed by atoms with Crippen molar-refractivity contribution in [1.82, 2.24) is 10.2 Å². The van der Waals surface area contributed by atoms with E-state index in [1.54, 1.807) is 0 Å². The third kappa shape index (κ3) is 2.57. The van der Waals surface area contributed by atoms with Crippen LogP contribution in [0, 0.1) is 0 Å². The molecule has 3 rings (SSSR count). The molecule has 108 valence electrons. The van der Waals surface area contributed by atoms with Gasteiger partial charge in [-0.1, -0.05) is 23.4 Å². The van der Waals surface area contributed by atoms with Gasteiger partial charge in [-0.05, 0) is 18.1 Å². The van der Waals surface area contributed by atoms with Crippen molar-refractivity contribution < 1.29 is 10.0 Å². The molecule has 1 amide bonds. The number of aromatic nitrogens is 2. The molecule has 2 aromatic rings. The van der Waals surface area contributed by atoms with E-state index in [9.17, 15) is 4.79 Å². The van der Waals surface area contributed by atoms with E-state index in [0.29, 0.717) is 17.8 Å². The molecule has 1 unspecified atom stereocenters. The summed E-state index contributed by atoms with van der Waals surface area (Å²) >= 11 is 1.53. The molecule has 5 N–H and O–H groups in total. The monoisotopic (exact) mass is 303 g/mol. The highest BCUT2D eigenvalue weighted by atomic mass is 32.2. The first-order chi connectivity index (χ1) is 10.2. The Bertz CT molecular complexity index is 687. The van der Waals surface area contributed by atoms with Gasteiger partial charge in [-0.2, -0.15) is 5.10 Å². The van der Waals surface area contributed by atoms with Gasteiger partial charge in [-0.25, -0.2) is 0 Å². The summed E-state index contributed by atoms with van der Waals surface area (Å²) in [5.41, 5.74) is 7.04. The first-order valence-corrected chi connectivity index (χ1v) is 7.13. The molecule has 0 saturated carbocycles. The third-order valence-corrected chi connectivity index (χ3v) is 4.53. The summed E-state index contributed by atoms with van der Waals surface area (Å²) in [6, 6.07) is 7.95. The van der Waals surface area contributed by atoms with Crippen LogP contribution in [-0.2, 0) is 11.2 Å². The summed E-state index contributed by atoms with van der Waals surface area (Å²) in [4.78, 5) is 13.4. The van der Waals surface area contributed by atoms with Crippen molar-refractivity contribution in [2.45, 2.75) is 16.6 Å². The van der Waals surface area contributed by atoms with Crippen molar-refractivity contribution in [1.29, 1.82) is 0 Å². The Morgan fingerprint density at radius 2 is 2.33 bits per heavy atom. The molecular formula is C13H13N5O2S. The minimum absolute atomic E-state index is 0.110. The van der Waals surface area contributed by atoms with Crippen LogP contribution < -0.4 is 11.1 Å². The molecular weight excluding hydrogens is 290 g/mol. The van der Waals surface area contributed by atoms with Gasteiger partial charge in [0.2, 0.25) is 5.91 Å². The van der Waals surface area contributed by atoms with Crippen molar-refractivity contribution in [3.8, 4) is 0 Å². The zero-order chi connectivity index (χ0) is 14.8. The van der Waals surface area contributed by atoms with Crippen molar-refractivity contribution in [2.75, 3.05) is 5.32 Å². The lowest BCUT2D eigenvalue weighted by Crippen LogP contribution is -2.26. The van der Waals surface area contributed by atoms with Crippen LogP contribution >= 0.6 is 11.8 Å². The Balaban J connectivity index is 1.73. The minimum Gasteiger partial charge on any atom is -0.409 e. The van der Waals surface area contributed by atoms with E-state index in [-0.39, 0.29) is 17.0 Å². The van der Waals surface area contributed by atoms with Gasteiger partial charge in [0.05, 0.1) is 17.0 Å². The lowest BCUT2D eigenvalue weighted by molar-refractivity contribution is -0.115. The van der Waals surface area contributed by atoms with Crippen LogP contribution in [-0.4, -0.2) is 32.4 Å². The normalized spacial score (nSPS) is 17.5. The zero-order valence-electron chi connectivity index (χ0n) is 10.9. The largest absolute Gasteiger partial charge is 0.409 e. The number of thioether (sulfide) groups is 1. The summed E-state index contributed by atoms with van der Waals surface area (Å²) < 4.78 is 0. The number of oxime groups is 1. The lowest BCUT2D eigenvalue weighted by Gasteiger charge is -2.09. The van der Waals surface area contributed by atoms with Crippen LogP contribution in [0.4, 0.5) is 5.82 Å². The maximum atomic E-state index is 12.3. The van der Waals surface area contributed by atoms with Crippen molar-refractivity contribution >= 4 is 29.3 Å². The summed E-state index contributed by atoms with van der Waals surface area (Å²) in [7, 11) is 0. The Morgan fingerprint density at radius 1 is 1.52 bits per heavy atom. The summed E-state index contributed by atoms with van der Waals surface area (Å²) in [6.45, 7) is 0. The highest BCUT2D eigenvalue weighted by Gasteiger charge is 2.28. The first-order valence-electron chi connectivity index (χ1n) is 6.25. The van der Waals surface area contributed by atoms with E-state index >= 15 is 0 Å². The Hall–Kier alpha value is -2.48. The SMILES string of the molecule is NC(=NO)c1cn[nH]c1NC(=O)C1Cc2ccccc2S1. The summed E-state index contributed by atoms with van der Waals surface area (Å²) in [5, 5.41) is 20.6. The molecule has 7 nitrogen and oxygen atoms in total. The quantitative estimate of drug-likeness (QED) is 0.294. The van der Waals surface area contributed by atoms with E-state index in [4.69, 9.17) is 10.9 Å². The molecule has 0 spiro atoms. The lowest BCUT2D eigenvalue weighted by atomic mass is 10.1. The summed E-state index contributed by atoms with van der Waals surface area (Å²) in [6.07, 6.45) is 2.07. The molecule has 0 fully saturated rings. The van der Waals surface area contributed by atoms with Crippen molar-refractivity contribution in [3.63, 3.8) is 0 Å². The standard InChI is InChI=1S/C13H13N5O2S/c14-11(18-20)8-6-15-17-12(8)16-13(19)10-5-7-3-1-2-4-9(7)21-10/h1-4,6,10,20H,5H2,(H2,14,18)(H2,15,16,17,19). The van der Waals surface area contributed by atoms with E-state index in [0.717, 1.165) is 4.90 Å². The number of benzene rings is 1. The maximum absolute atomic E-state index is 12.3. The number of hydrogen-bond donors (Lipinski definition) is 4. The second kappa shape index (κ2) is 5.49. The van der Waals surface area contributed by atoms with E-state index in [1.807, 2.05) is 24.3 Å². The molecule has 0 radical (unpaired) electrons. The van der Waals surface area contributed by atoms with Gasteiger partial charge >= 0.3 is 0 Å². The second-order valence-corrected chi connectivity index (χ2v) is 5.80. The minimum atomic E-state index is -0.203. The average Bonchev–Trinajstić information content (AvgIpc) is 3.12. The number of rotatable bonds is 3. The van der Waals surface area contributed by atoms with Gasteiger partial charge in [0, 0.05) is 4.90 Å². The number of carbonyl (C=O) groups is 1. The van der Waals surface area contributed by atoms with Crippen LogP contribution in [0.1, 0.15) is 11.1 Å². The maximum Gasteiger partial charge on any atom is 0.239 e.